The number of aromatic nitrogens is 4. The summed E-state index contributed by atoms with van der Waals surface area (Å²) < 4.78 is 1.67. The fourth-order valence-corrected chi connectivity index (χ4v) is 2.07. The molecule has 2 aromatic heterocycles. The molecule has 0 fully saturated rings. The highest BCUT2D eigenvalue weighted by Crippen LogP contribution is 2.24. The Morgan fingerprint density at radius 2 is 2.25 bits per heavy atom. The molecule has 0 aromatic carbocycles. The van der Waals surface area contributed by atoms with Crippen molar-refractivity contribution in [2.75, 3.05) is 0 Å². The van der Waals surface area contributed by atoms with Gasteiger partial charge in [-0.05, 0) is 30.8 Å². The van der Waals surface area contributed by atoms with Crippen molar-refractivity contribution in [3.05, 3.63) is 29.7 Å². The molecule has 0 N–H and O–H groups in total. The average Bonchev–Trinajstić information content (AvgIpc) is 2.63. The van der Waals surface area contributed by atoms with E-state index in [0.717, 1.165) is 15.9 Å². The van der Waals surface area contributed by atoms with E-state index in [1.807, 2.05) is 14.0 Å². The molecule has 16 heavy (non-hydrogen) atoms. The van der Waals surface area contributed by atoms with Crippen molar-refractivity contribution < 1.29 is 0 Å². The monoisotopic (exact) mass is 231 g/mol. The molecule has 0 aliphatic heterocycles. The molecule has 0 saturated carbocycles. The Morgan fingerprint density at radius 3 is 2.88 bits per heavy atom. The molecule has 0 atom stereocenters. The number of hydrogen-bond donors (Lipinski definition) is 0. The third-order valence-corrected chi connectivity index (χ3v) is 2.90. The van der Waals surface area contributed by atoms with Gasteiger partial charge in [0.05, 0.1) is 11.6 Å². The summed E-state index contributed by atoms with van der Waals surface area (Å²) in [6.45, 7) is 1.86. The quantitative estimate of drug-likeness (QED) is 0.784. The second-order valence-corrected chi connectivity index (χ2v) is 4.20. The number of nitrogens with zero attached hydrogens (tertiary/aromatic N) is 5. The summed E-state index contributed by atoms with van der Waals surface area (Å²) in [6, 6.07) is 5.60. The lowest BCUT2D eigenvalue weighted by molar-refractivity contribution is 0.684. The maximum absolute atomic E-state index is 8.85. The van der Waals surface area contributed by atoms with Crippen molar-refractivity contribution in [2.45, 2.75) is 17.1 Å². The summed E-state index contributed by atoms with van der Waals surface area (Å²) in [5.74, 6) is 0. The van der Waals surface area contributed by atoms with Gasteiger partial charge in [0.2, 0.25) is 0 Å². The van der Waals surface area contributed by atoms with E-state index in [1.54, 1.807) is 16.8 Å². The van der Waals surface area contributed by atoms with Gasteiger partial charge in [-0.3, -0.25) is 0 Å². The van der Waals surface area contributed by atoms with Crippen molar-refractivity contribution in [1.29, 1.82) is 5.26 Å². The smallest absolute Gasteiger partial charge is 0.192 e. The van der Waals surface area contributed by atoms with E-state index in [4.69, 9.17) is 5.26 Å². The van der Waals surface area contributed by atoms with Crippen molar-refractivity contribution in [2.24, 2.45) is 7.05 Å². The largest absolute Gasteiger partial charge is 0.246 e. The molecular weight excluding hydrogens is 222 g/mol. The van der Waals surface area contributed by atoms with Crippen LogP contribution in [0, 0.1) is 18.3 Å². The van der Waals surface area contributed by atoms with E-state index in [0.29, 0.717) is 5.56 Å². The van der Waals surface area contributed by atoms with Crippen LogP contribution in [0.5, 0.6) is 0 Å². The van der Waals surface area contributed by atoms with E-state index in [1.165, 1.54) is 18.1 Å². The molecule has 0 spiro atoms. The summed E-state index contributed by atoms with van der Waals surface area (Å²) in [7, 11) is 1.82. The lowest BCUT2D eigenvalue weighted by Crippen LogP contribution is -1.94. The van der Waals surface area contributed by atoms with Gasteiger partial charge >= 0.3 is 0 Å². The second kappa shape index (κ2) is 4.33. The van der Waals surface area contributed by atoms with Crippen LogP contribution in [0.4, 0.5) is 0 Å². The summed E-state index contributed by atoms with van der Waals surface area (Å²) in [5.41, 5.74) is 1.43. The summed E-state index contributed by atoms with van der Waals surface area (Å²) >= 11 is 1.39. The Morgan fingerprint density at radius 1 is 1.44 bits per heavy atom. The predicted octanol–water partition coefficient (Wildman–Crippen LogP) is 1.54. The zero-order valence-corrected chi connectivity index (χ0v) is 9.69. The molecule has 0 bridgehead atoms. The molecule has 0 aliphatic carbocycles. The third kappa shape index (κ3) is 2.20. The first kappa shape index (κ1) is 10.6. The van der Waals surface area contributed by atoms with Crippen LogP contribution in [0.3, 0.4) is 0 Å². The molecule has 0 amide bonds. The molecule has 6 heteroatoms. The molecule has 0 unspecified atom stereocenters. The van der Waals surface area contributed by atoms with Gasteiger partial charge in [0.25, 0.3) is 0 Å². The van der Waals surface area contributed by atoms with E-state index in [-0.39, 0.29) is 0 Å². The van der Waals surface area contributed by atoms with Gasteiger partial charge in [0, 0.05) is 12.7 Å². The van der Waals surface area contributed by atoms with Gasteiger partial charge in [0.1, 0.15) is 11.4 Å². The number of hydrogen-bond acceptors (Lipinski definition) is 5. The molecule has 0 saturated heterocycles. The standard InChI is InChI=1S/C10H9N5S/c1-7-3-8(5-11)4-9(14-7)16-10-12-6-13-15(10)2/h3-4,6H,1-2H3. The van der Waals surface area contributed by atoms with Crippen LogP contribution < -0.4 is 0 Å². The fraction of sp³-hybridized carbons (Fsp3) is 0.200. The number of nitriles is 1. The van der Waals surface area contributed by atoms with Crippen molar-refractivity contribution in [3.8, 4) is 6.07 Å². The number of aryl methyl sites for hydroxylation is 2. The van der Waals surface area contributed by atoms with Crippen molar-refractivity contribution >= 4 is 11.8 Å². The zero-order valence-electron chi connectivity index (χ0n) is 8.88. The van der Waals surface area contributed by atoms with E-state index in [2.05, 4.69) is 21.1 Å². The topological polar surface area (TPSA) is 67.4 Å². The predicted molar refractivity (Wildman–Crippen MR) is 58.8 cm³/mol. The lowest BCUT2D eigenvalue weighted by atomic mass is 10.2. The molecule has 5 nitrogen and oxygen atoms in total. The number of pyridine rings is 1. The Kier molecular flexibility index (Phi) is 2.88. The Labute approximate surface area is 97.1 Å². The first-order valence-corrected chi connectivity index (χ1v) is 5.41. The van der Waals surface area contributed by atoms with Crippen LogP contribution >= 0.6 is 11.8 Å². The minimum atomic E-state index is 0.608. The highest BCUT2D eigenvalue weighted by molar-refractivity contribution is 7.99. The average molecular weight is 231 g/mol. The van der Waals surface area contributed by atoms with Crippen LogP contribution in [-0.4, -0.2) is 19.7 Å². The molecular formula is C10H9N5S. The first-order valence-electron chi connectivity index (χ1n) is 4.59. The Hall–Kier alpha value is -1.87. The van der Waals surface area contributed by atoms with Gasteiger partial charge in [-0.2, -0.15) is 10.4 Å². The summed E-state index contributed by atoms with van der Waals surface area (Å²) in [5, 5.41) is 14.3. The van der Waals surface area contributed by atoms with Crippen LogP contribution in [-0.2, 0) is 7.05 Å². The lowest BCUT2D eigenvalue weighted by Gasteiger charge is -2.01. The van der Waals surface area contributed by atoms with Gasteiger partial charge < -0.3 is 0 Å². The fourth-order valence-electron chi connectivity index (χ4n) is 1.23. The zero-order chi connectivity index (χ0) is 11.5. The molecule has 2 heterocycles. The highest BCUT2D eigenvalue weighted by Gasteiger charge is 2.06. The van der Waals surface area contributed by atoms with Gasteiger partial charge in [0.15, 0.2) is 5.16 Å². The van der Waals surface area contributed by atoms with Gasteiger partial charge in [-0.25, -0.2) is 14.6 Å². The normalized spacial score (nSPS) is 10.1. The minimum absolute atomic E-state index is 0.608. The van der Waals surface area contributed by atoms with Gasteiger partial charge in [-0.1, -0.05) is 0 Å². The highest BCUT2D eigenvalue weighted by atomic mass is 32.2. The summed E-state index contributed by atoms with van der Waals surface area (Å²) in [6.07, 6.45) is 1.49. The Balaban J connectivity index is 2.32. The molecule has 80 valence electrons. The maximum atomic E-state index is 8.85. The van der Waals surface area contributed by atoms with Crippen LogP contribution in [0.25, 0.3) is 0 Å². The van der Waals surface area contributed by atoms with Crippen LogP contribution in [0.2, 0.25) is 0 Å². The van der Waals surface area contributed by atoms with Gasteiger partial charge in [-0.15, -0.1) is 0 Å². The SMILES string of the molecule is Cc1cc(C#N)cc(Sc2ncnn2C)n1. The van der Waals surface area contributed by atoms with E-state index in [9.17, 15) is 0 Å². The van der Waals surface area contributed by atoms with Crippen LogP contribution in [0.15, 0.2) is 28.6 Å². The van der Waals surface area contributed by atoms with Crippen molar-refractivity contribution in [3.63, 3.8) is 0 Å². The Bertz CT molecular complexity index is 555. The van der Waals surface area contributed by atoms with Crippen molar-refractivity contribution in [1.82, 2.24) is 19.7 Å². The first-order chi connectivity index (χ1) is 7.69. The molecule has 2 aromatic rings. The second-order valence-electron chi connectivity index (χ2n) is 3.22. The molecule has 2 rings (SSSR count). The number of rotatable bonds is 2. The summed E-state index contributed by atoms with van der Waals surface area (Å²) in [4.78, 5) is 8.42. The van der Waals surface area contributed by atoms with E-state index >= 15 is 0 Å². The van der Waals surface area contributed by atoms with E-state index < -0.39 is 0 Å². The molecule has 0 radical (unpaired) electrons. The van der Waals surface area contributed by atoms with Crippen LogP contribution in [0.1, 0.15) is 11.3 Å². The molecule has 0 aliphatic rings. The maximum Gasteiger partial charge on any atom is 0.192 e. The third-order valence-electron chi connectivity index (χ3n) is 1.92. The minimum Gasteiger partial charge on any atom is -0.246 e.